The maximum absolute atomic E-state index is 14.1. The number of carboxylic acid groups (broad SMARTS) is 1. The summed E-state index contributed by atoms with van der Waals surface area (Å²) in [5, 5.41) is 9.09. The van der Waals surface area contributed by atoms with Gasteiger partial charge in [0.1, 0.15) is 11.4 Å². The summed E-state index contributed by atoms with van der Waals surface area (Å²) in [4.78, 5) is 25.0. The summed E-state index contributed by atoms with van der Waals surface area (Å²) in [6.07, 6.45) is 1.08. The Balaban J connectivity index is 2.34. The van der Waals surface area contributed by atoms with E-state index in [1.165, 1.54) is 25.2 Å². The highest BCUT2D eigenvalue weighted by molar-refractivity contribution is 5.98. The van der Waals surface area contributed by atoms with Gasteiger partial charge in [0.25, 0.3) is 5.91 Å². The number of piperidine rings is 1. The number of carbonyl (C=O) groups is 2. The summed E-state index contributed by atoms with van der Waals surface area (Å²) in [7, 11) is 2.72. The van der Waals surface area contributed by atoms with Gasteiger partial charge in [-0.1, -0.05) is 0 Å². The van der Waals surface area contributed by atoms with Crippen molar-refractivity contribution in [2.24, 2.45) is 5.92 Å². The highest BCUT2D eigenvalue weighted by atomic mass is 19.1. The number of carbonyl (C=O) groups excluding carboxylic acids is 1. The Labute approximate surface area is 127 Å². The lowest BCUT2D eigenvalue weighted by molar-refractivity contribution is -0.143. The first-order chi connectivity index (χ1) is 10.5. The third-order valence-electron chi connectivity index (χ3n) is 3.77. The average Bonchev–Trinajstić information content (AvgIpc) is 2.53. The minimum Gasteiger partial charge on any atom is -0.493 e. The van der Waals surface area contributed by atoms with Crippen LogP contribution in [0.3, 0.4) is 0 Å². The van der Waals surface area contributed by atoms with Crippen LogP contribution in [-0.4, -0.2) is 49.2 Å². The number of halogens is 1. The van der Waals surface area contributed by atoms with Gasteiger partial charge in [-0.05, 0) is 25.0 Å². The smallest absolute Gasteiger partial charge is 0.308 e. The topological polar surface area (TPSA) is 76.1 Å². The summed E-state index contributed by atoms with van der Waals surface area (Å²) in [5.74, 6) is -2.61. The minimum atomic E-state index is -0.949. The lowest BCUT2D eigenvalue weighted by Crippen LogP contribution is -2.42. The van der Waals surface area contributed by atoms with Gasteiger partial charge in [0.15, 0.2) is 11.5 Å². The van der Waals surface area contributed by atoms with Crippen molar-refractivity contribution in [3.05, 3.63) is 23.5 Å². The van der Waals surface area contributed by atoms with Crippen LogP contribution in [0.2, 0.25) is 0 Å². The van der Waals surface area contributed by atoms with E-state index in [-0.39, 0.29) is 23.6 Å². The van der Waals surface area contributed by atoms with Gasteiger partial charge in [-0.25, -0.2) is 4.39 Å². The van der Waals surface area contributed by atoms with Crippen molar-refractivity contribution in [1.82, 2.24) is 4.90 Å². The zero-order valence-electron chi connectivity index (χ0n) is 12.5. The van der Waals surface area contributed by atoms with E-state index in [2.05, 4.69) is 0 Å². The van der Waals surface area contributed by atoms with E-state index in [1.807, 2.05) is 0 Å². The highest BCUT2D eigenvalue weighted by Gasteiger charge is 2.32. The van der Waals surface area contributed by atoms with Crippen LogP contribution in [0.15, 0.2) is 12.1 Å². The minimum absolute atomic E-state index is 0.0185. The SMILES string of the molecule is COc1ccc(F)c(C(=O)N2CCC[C@H](C(=O)O)C2)c1OC. The standard InChI is InChI=1S/C15H18FNO5/c1-21-11-6-5-10(16)12(13(11)22-2)14(18)17-7-3-4-9(8-17)15(19)20/h5-6,9H,3-4,7-8H2,1-2H3,(H,19,20)/t9-/m0/s1. The van der Waals surface area contributed by atoms with E-state index in [1.54, 1.807) is 0 Å². The molecule has 22 heavy (non-hydrogen) atoms. The number of rotatable bonds is 4. The first-order valence-corrected chi connectivity index (χ1v) is 6.92. The molecule has 7 heteroatoms. The number of amides is 1. The largest absolute Gasteiger partial charge is 0.493 e. The van der Waals surface area contributed by atoms with Crippen LogP contribution in [-0.2, 0) is 4.79 Å². The van der Waals surface area contributed by atoms with Gasteiger partial charge < -0.3 is 19.5 Å². The summed E-state index contributed by atoms with van der Waals surface area (Å²) < 4.78 is 24.3. The van der Waals surface area contributed by atoms with E-state index in [0.717, 1.165) is 6.07 Å². The van der Waals surface area contributed by atoms with Crippen LogP contribution in [0, 0.1) is 11.7 Å². The van der Waals surface area contributed by atoms with Crippen LogP contribution in [0.5, 0.6) is 11.5 Å². The number of aliphatic carboxylic acids is 1. The first kappa shape index (κ1) is 16.1. The molecular formula is C15H18FNO5. The van der Waals surface area contributed by atoms with Crippen LogP contribution in [0.25, 0.3) is 0 Å². The summed E-state index contributed by atoms with van der Waals surface area (Å²) in [5.41, 5.74) is -0.229. The molecule has 1 fully saturated rings. The molecule has 1 heterocycles. The number of ether oxygens (including phenoxy) is 2. The van der Waals surface area contributed by atoms with Crippen LogP contribution >= 0.6 is 0 Å². The summed E-state index contributed by atoms with van der Waals surface area (Å²) in [6.45, 7) is 0.455. The van der Waals surface area contributed by atoms with Crippen molar-refractivity contribution in [2.75, 3.05) is 27.3 Å². The molecule has 1 atom stereocenters. The zero-order valence-corrected chi connectivity index (χ0v) is 12.5. The molecule has 0 radical (unpaired) electrons. The second kappa shape index (κ2) is 6.64. The van der Waals surface area contributed by atoms with Gasteiger partial charge >= 0.3 is 5.97 Å². The van der Waals surface area contributed by atoms with E-state index in [4.69, 9.17) is 14.6 Å². The van der Waals surface area contributed by atoms with E-state index in [9.17, 15) is 14.0 Å². The maximum Gasteiger partial charge on any atom is 0.308 e. The third-order valence-corrected chi connectivity index (χ3v) is 3.77. The molecule has 0 bridgehead atoms. The van der Waals surface area contributed by atoms with Gasteiger partial charge in [-0.3, -0.25) is 9.59 Å². The Kier molecular flexibility index (Phi) is 4.85. The molecule has 1 N–H and O–H groups in total. The molecule has 0 spiro atoms. The molecular weight excluding hydrogens is 293 g/mol. The number of hydrogen-bond acceptors (Lipinski definition) is 4. The summed E-state index contributed by atoms with van der Waals surface area (Å²) >= 11 is 0. The fourth-order valence-corrected chi connectivity index (χ4v) is 2.62. The molecule has 1 aliphatic rings. The number of nitrogens with zero attached hydrogens (tertiary/aromatic N) is 1. The van der Waals surface area contributed by atoms with Crippen molar-refractivity contribution in [3.63, 3.8) is 0 Å². The maximum atomic E-state index is 14.1. The molecule has 0 unspecified atom stereocenters. The first-order valence-electron chi connectivity index (χ1n) is 6.92. The van der Waals surface area contributed by atoms with Crippen molar-refractivity contribution >= 4 is 11.9 Å². The van der Waals surface area contributed by atoms with Crippen LogP contribution < -0.4 is 9.47 Å². The van der Waals surface area contributed by atoms with Crippen molar-refractivity contribution in [1.29, 1.82) is 0 Å². The lowest BCUT2D eigenvalue weighted by Gasteiger charge is -2.31. The normalized spacial score (nSPS) is 18.0. The molecule has 1 saturated heterocycles. The second-order valence-electron chi connectivity index (χ2n) is 5.09. The number of likely N-dealkylation sites (tertiary alicyclic amines) is 1. The number of hydrogen-bond donors (Lipinski definition) is 1. The Bertz CT molecular complexity index is 590. The van der Waals surface area contributed by atoms with Gasteiger partial charge in [0, 0.05) is 13.1 Å². The molecule has 0 aromatic heterocycles. The molecule has 1 aromatic carbocycles. The quantitative estimate of drug-likeness (QED) is 0.917. The molecule has 6 nitrogen and oxygen atoms in total. The zero-order chi connectivity index (χ0) is 16.3. The predicted molar refractivity (Wildman–Crippen MR) is 75.8 cm³/mol. The molecule has 1 aliphatic heterocycles. The molecule has 0 aliphatic carbocycles. The van der Waals surface area contributed by atoms with E-state index in [0.29, 0.717) is 19.4 Å². The number of carboxylic acids is 1. The number of methoxy groups -OCH3 is 2. The molecule has 1 amide bonds. The average molecular weight is 311 g/mol. The van der Waals surface area contributed by atoms with Gasteiger partial charge in [-0.2, -0.15) is 0 Å². The molecule has 2 rings (SSSR count). The summed E-state index contributed by atoms with van der Waals surface area (Å²) in [6, 6.07) is 2.51. The lowest BCUT2D eigenvalue weighted by atomic mass is 9.97. The van der Waals surface area contributed by atoms with Crippen LogP contribution in [0.1, 0.15) is 23.2 Å². The third kappa shape index (κ3) is 2.98. The number of benzene rings is 1. The Morgan fingerprint density at radius 2 is 2.05 bits per heavy atom. The van der Waals surface area contributed by atoms with E-state index < -0.39 is 23.6 Å². The van der Waals surface area contributed by atoms with Crippen molar-refractivity contribution in [3.8, 4) is 11.5 Å². The Morgan fingerprint density at radius 3 is 2.64 bits per heavy atom. The van der Waals surface area contributed by atoms with Crippen molar-refractivity contribution in [2.45, 2.75) is 12.8 Å². The Morgan fingerprint density at radius 1 is 1.32 bits per heavy atom. The second-order valence-corrected chi connectivity index (χ2v) is 5.09. The molecule has 0 saturated carbocycles. The van der Waals surface area contributed by atoms with Gasteiger partial charge in [-0.15, -0.1) is 0 Å². The van der Waals surface area contributed by atoms with Crippen LogP contribution in [0.4, 0.5) is 4.39 Å². The fraction of sp³-hybridized carbons (Fsp3) is 0.467. The molecule has 120 valence electrons. The monoisotopic (exact) mass is 311 g/mol. The van der Waals surface area contributed by atoms with Crippen molar-refractivity contribution < 1.29 is 28.6 Å². The highest BCUT2D eigenvalue weighted by Crippen LogP contribution is 2.34. The fourth-order valence-electron chi connectivity index (χ4n) is 2.62. The Hall–Kier alpha value is -2.31. The van der Waals surface area contributed by atoms with E-state index >= 15 is 0 Å². The van der Waals surface area contributed by atoms with Gasteiger partial charge in [0.2, 0.25) is 0 Å². The van der Waals surface area contributed by atoms with Gasteiger partial charge in [0.05, 0.1) is 20.1 Å². The molecule has 1 aromatic rings. The predicted octanol–water partition coefficient (Wildman–Crippen LogP) is 1.78.